The van der Waals surface area contributed by atoms with Gasteiger partial charge in [-0.05, 0) is 45.2 Å². The van der Waals surface area contributed by atoms with Crippen LogP contribution in [0.1, 0.15) is 33.6 Å². The van der Waals surface area contributed by atoms with E-state index < -0.39 is 28.8 Å². The number of amides is 1. The molecule has 1 fully saturated rings. The summed E-state index contributed by atoms with van der Waals surface area (Å²) in [5.74, 6) is -4.64. The SMILES string of the molecule is CC(C)(C)OC(=O)N1CCC(C(F)(F)C(=O)Cl)CC1. The molecule has 0 bridgehead atoms. The van der Waals surface area contributed by atoms with E-state index in [0.717, 1.165) is 0 Å². The van der Waals surface area contributed by atoms with Gasteiger partial charge in [0.1, 0.15) is 5.60 Å². The molecule has 7 heteroatoms. The number of rotatable bonds is 2. The molecule has 0 unspecified atom stereocenters. The number of nitrogens with zero attached hydrogens (tertiary/aromatic N) is 1. The average molecular weight is 298 g/mol. The first-order valence-corrected chi connectivity index (χ1v) is 6.47. The zero-order valence-electron chi connectivity index (χ0n) is 11.2. The third-order valence-electron chi connectivity index (χ3n) is 2.92. The van der Waals surface area contributed by atoms with Crippen LogP contribution < -0.4 is 0 Å². The van der Waals surface area contributed by atoms with E-state index >= 15 is 0 Å². The lowest BCUT2D eigenvalue weighted by Crippen LogP contribution is -2.46. The van der Waals surface area contributed by atoms with E-state index in [0.29, 0.717) is 0 Å². The number of hydrogen-bond acceptors (Lipinski definition) is 3. The normalized spacial score (nSPS) is 18.3. The van der Waals surface area contributed by atoms with E-state index in [2.05, 4.69) is 0 Å². The van der Waals surface area contributed by atoms with Gasteiger partial charge in [-0.3, -0.25) is 4.79 Å². The zero-order valence-corrected chi connectivity index (χ0v) is 12.0. The molecule has 1 heterocycles. The monoisotopic (exact) mass is 297 g/mol. The maximum Gasteiger partial charge on any atom is 0.410 e. The number of carbonyl (C=O) groups is 2. The molecule has 0 aliphatic carbocycles. The van der Waals surface area contributed by atoms with Gasteiger partial charge < -0.3 is 9.64 Å². The summed E-state index contributed by atoms with van der Waals surface area (Å²) in [6.07, 6.45) is -0.457. The van der Waals surface area contributed by atoms with Gasteiger partial charge in [-0.2, -0.15) is 8.78 Å². The highest BCUT2D eigenvalue weighted by atomic mass is 35.5. The van der Waals surface area contributed by atoms with Crippen LogP contribution in [0.5, 0.6) is 0 Å². The number of halogens is 3. The highest BCUT2D eigenvalue weighted by Crippen LogP contribution is 2.35. The number of piperidine rings is 1. The van der Waals surface area contributed by atoms with Crippen molar-refractivity contribution >= 4 is 22.9 Å². The maximum atomic E-state index is 13.4. The summed E-state index contributed by atoms with van der Waals surface area (Å²) in [6.45, 7) is 5.48. The van der Waals surface area contributed by atoms with E-state index in [9.17, 15) is 18.4 Å². The Morgan fingerprint density at radius 1 is 1.21 bits per heavy atom. The van der Waals surface area contributed by atoms with Gasteiger partial charge in [0.15, 0.2) is 0 Å². The molecule has 110 valence electrons. The predicted octanol–water partition coefficient (Wildman–Crippen LogP) is 3.03. The predicted molar refractivity (Wildman–Crippen MR) is 66.3 cm³/mol. The minimum Gasteiger partial charge on any atom is -0.444 e. The molecule has 1 aliphatic rings. The molecule has 1 aliphatic heterocycles. The third kappa shape index (κ3) is 4.30. The number of alkyl halides is 2. The number of carbonyl (C=O) groups excluding carboxylic acids is 2. The third-order valence-corrected chi connectivity index (χ3v) is 3.17. The summed E-state index contributed by atoms with van der Waals surface area (Å²) in [5, 5.41) is -1.64. The van der Waals surface area contributed by atoms with Crippen LogP contribution in [0.25, 0.3) is 0 Å². The number of hydrogen-bond donors (Lipinski definition) is 0. The van der Waals surface area contributed by atoms with Gasteiger partial charge in [0.25, 0.3) is 5.24 Å². The molecule has 1 rings (SSSR count). The van der Waals surface area contributed by atoms with Crippen LogP contribution in [0.4, 0.5) is 13.6 Å². The minimum atomic E-state index is -3.53. The van der Waals surface area contributed by atoms with Gasteiger partial charge in [0, 0.05) is 19.0 Å². The Balaban J connectivity index is 2.54. The van der Waals surface area contributed by atoms with Crippen molar-refractivity contribution in [2.45, 2.75) is 45.1 Å². The highest BCUT2D eigenvalue weighted by molar-refractivity contribution is 6.65. The van der Waals surface area contributed by atoms with Crippen LogP contribution in [-0.2, 0) is 9.53 Å². The summed E-state index contributed by atoms with van der Waals surface area (Å²) in [7, 11) is 0. The molecule has 0 saturated carbocycles. The van der Waals surface area contributed by atoms with Crippen molar-refractivity contribution in [2.24, 2.45) is 5.92 Å². The van der Waals surface area contributed by atoms with E-state index in [1.165, 1.54) is 4.90 Å². The highest BCUT2D eigenvalue weighted by Gasteiger charge is 2.47. The van der Waals surface area contributed by atoms with E-state index in [1.807, 2.05) is 0 Å². The van der Waals surface area contributed by atoms with Crippen molar-refractivity contribution in [3.63, 3.8) is 0 Å². The second-order valence-corrected chi connectivity index (χ2v) is 5.98. The molecule has 1 saturated heterocycles. The topological polar surface area (TPSA) is 46.6 Å². The minimum absolute atomic E-state index is 0.0324. The molecular formula is C12H18ClF2NO3. The number of ether oxygens (including phenoxy) is 1. The van der Waals surface area contributed by atoms with E-state index in [4.69, 9.17) is 16.3 Å². The Hall–Kier alpha value is -0.910. The van der Waals surface area contributed by atoms with Gasteiger partial charge in [0.05, 0.1) is 0 Å². The van der Waals surface area contributed by atoms with Crippen LogP contribution >= 0.6 is 11.6 Å². The Labute approximate surface area is 116 Å². The van der Waals surface area contributed by atoms with Crippen LogP contribution in [0.3, 0.4) is 0 Å². The largest absolute Gasteiger partial charge is 0.444 e. The fourth-order valence-corrected chi connectivity index (χ4v) is 2.07. The molecule has 0 aromatic carbocycles. The lowest BCUT2D eigenvalue weighted by molar-refractivity contribution is -0.145. The van der Waals surface area contributed by atoms with E-state index in [1.54, 1.807) is 20.8 Å². The van der Waals surface area contributed by atoms with Gasteiger partial charge >= 0.3 is 12.0 Å². The Kier molecular flexibility index (Phi) is 4.76. The smallest absolute Gasteiger partial charge is 0.410 e. The molecule has 0 atom stereocenters. The summed E-state index contributed by atoms with van der Waals surface area (Å²) >= 11 is 4.89. The molecule has 19 heavy (non-hydrogen) atoms. The van der Waals surface area contributed by atoms with Crippen LogP contribution in [-0.4, -0.2) is 40.8 Å². The first-order valence-electron chi connectivity index (χ1n) is 6.09. The quantitative estimate of drug-likeness (QED) is 0.736. The van der Waals surface area contributed by atoms with E-state index in [-0.39, 0.29) is 25.9 Å². The van der Waals surface area contributed by atoms with Crippen molar-refractivity contribution in [2.75, 3.05) is 13.1 Å². The van der Waals surface area contributed by atoms with Crippen LogP contribution in [0.2, 0.25) is 0 Å². The fourth-order valence-electron chi connectivity index (χ4n) is 1.91. The first-order chi connectivity index (χ1) is 8.54. The van der Waals surface area contributed by atoms with Crippen molar-refractivity contribution in [1.82, 2.24) is 4.90 Å². The molecule has 1 amide bonds. The number of likely N-dealkylation sites (tertiary alicyclic amines) is 1. The van der Waals surface area contributed by atoms with Crippen LogP contribution in [0, 0.1) is 5.92 Å². The second-order valence-electron chi connectivity index (χ2n) is 5.64. The molecule has 0 aromatic heterocycles. The Bertz CT molecular complexity index is 360. The molecule has 0 spiro atoms. The van der Waals surface area contributed by atoms with Gasteiger partial charge in [0.2, 0.25) is 0 Å². The standard InChI is InChI=1S/C12H18ClF2NO3/c1-11(2,3)19-10(18)16-6-4-8(5-7-16)12(14,15)9(13)17/h8H,4-7H2,1-3H3. The average Bonchev–Trinajstić information content (AvgIpc) is 2.26. The van der Waals surface area contributed by atoms with Crippen LogP contribution in [0.15, 0.2) is 0 Å². The molecular weight excluding hydrogens is 280 g/mol. The van der Waals surface area contributed by atoms with Gasteiger partial charge in [-0.15, -0.1) is 0 Å². The summed E-state index contributed by atoms with van der Waals surface area (Å²) in [5.41, 5.74) is -0.621. The lowest BCUT2D eigenvalue weighted by Gasteiger charge is -2.35. The zero-order chi connectivity index (χ0) is 14.8. The van der Waals surface area contributed by atoms with Crippen molar-refractivity contribution in [1.29, 1.82) is 0 Å². The van der Waals surface area contributed by atoms with Crippen molar-refractivity contribution in [3.05, 3.63) is 0 Å². The van der Waals surface area contributed by atoms with Gasteiger partial charge in [-0.25, -0.2) is 4.79 Å². The Morgan fingerprint density at radius 3 is 2.05 bits per heavy atom. The summed E-state index contributed by atoms with van der Waals surface area (Å²) < 4.78 is 32.0. The molecule has 4 nitrogen and oxygen atoms in total. The molecule has 0 N–H and O–H groups in total. The molecule has 0 radical (unpaired) electrons. The van der Waals surface area contributed by atoms with Gasteiger partial charge in [-0.1, -0.05) is 0 Å². The Morgan fingerprint density at radius 2 is 1.68 bits per heavy atom. The maximum absolute atomic E-state index is 13.4. The fraction of sp³-hybridized carbons (Fsp3) is 0.833. The summed E-state index contributed by atoms with van der Waals surface area (Å²) in [4.78, 5) is 23.8. The first kappa shape index (κ1) is 16.1. The van der Waals surface area contributed by atoms with Crippen molar-refractivity contribution in [3.8, 4) is 0 Å². The van der Waals surface area contributed by atoms with Crippen molar-refractivity contribution < 1.29 is 23.1 Å². The lowest BCUT2D eigenvalue weighted by atomic mass is 9.91. The second kappa shape index (κ2) is 5.61. The molecule has 0 aromatic rings. The summed E-state index contributed by atoms with van der Waals surface area (Å²) in [6, 6.07) is 0.